The second-order valence-corrected chi connectivity index (χ2v) is 4.62. The fraction of sp³-hybridized carbons (Fsp3) is 0.0769. The van der Waals surface area contributed by atoms with Crippen LogP contribution in [0.15, 0.2) is 30.5 Å². The highest BCUT2D eigenvalue weighted by atomic mass is 19.4. The zero-order valence-corrected chi connectivity index (χ0v) is 11.3. The number of phenolic OH excluding ortho intramolecular Hbond substituents is 1. The lowest BCUT2D eigenvalue weighted by Crippen LogP contribution is -2.07. The van der Waals surface area contributed by atoms with Crippen LogP contribution >= 0.6 is 0 Å². The lowest BCUT2D eigenvalue weighted by Gasteiger charge is -2.11. The van der Waals surface area contributed by atoms with Crippen LogP contribution in [-0.4, -0.2) is 30.7 Å². The fourth-order valence-electron chi connectivity index (χ4n) is 2.03. The maximum Gasteiger partial charge on any atom is 0.433 e. The van der Waals surface area contributed by atoms with Gasteiger partial charge >= 0.3 is 6.18 Å². The number of rotatable bonds is 2. The van der Waals surface area contributed by atoms with Crippen molar-refractivity contribution in [2.75, 3.05) is 5.73 Å². The second kappa shape index (κ2) is 5.23. The van der Waals surface area contributed by atoms with E-state index in [0.29, 0.717) is 16.7 Å². The van der Waals surface area contributed by atoms with E-state index in [0.717, 1.165) is 12.3 Å². The standard InChI is InChI=1S/C13H9F3N6O/c14-13(15,16)11-2-1-6(5-18-11)7-4-10(23)9(17)3-8(7)12-19-21-22-20-12/h1-5,23H,17H2,(H,19,20,21,22). The number of aromatic nitrogens is 5. The molecule has 0 saturated carbocycles. The molecule has 0 atom stereocenters. The van der Waals surface area contributed by atoms with Gasteiger partial charge in [0.1, 0.15) is 11.4 Å². The molecule has 10 heteroatoms. The van der Waals surface area contributed by atoms with Gasteiger partial charge in [-0.05, 0) is 29.0 Å². The van der Waals surface area contributed by atoms with Gasteiger partial charge in [-0.15, -0.1) is 10.2 Å². The number of hydrogen-bond donors (Lipinski definition) is 3. The molecule has 0 radical (unpaired) electrons. The van der Waals surface area contributed by atoms with E-state index in [1.54, 1.807) is 0 Å². The van der Waals surface area contributed by atoms with Gasteiger partial charge < -0.3 is 10.8 Å². The number of anilines is 1. The molecule has 2 heterocycles. The Morgan fingerprint density at radius 2 is 1.91 bits per heavy atom. The largest absolute Gasteiger partial charge is 0.506 e. The Morgan fingerprint density at radius 1 is 1.13 bits per heavy atom. The minimum Gasteiger partial charge on any atom is -0.506 e. The summed E-state index contributed by atoms with van der Waals surface area (Å²) in [7, 11) is 0. The maximum absolute atomic E-state index is 12.6. The third-order valence-corrected chi connectivity index (χ3v) is 3.12. The average Bonchev–Trinajstić information content (AvgIpc) is 3.03. The van der Waals surface area contributed by atoms with Crippen LogP contribution < -0.4 is 5.73 Å². The van der Waals surface area contributed by atoms with Gasteiger partial charge in [0.25, 0.3) is 0 Å². The van der Waals surface area contributed by atoms with Crippen molar-refractivity contribution < 1.29 is 18.3 Å². The van der Waals surface area contributed by atoms with Gasteiger partial charge in [0.05, 0.1) is 5.69 Å². The normalized spacial score (nSPS) is 11.6. The second-order valence-electron chi connectivity index (χ2n) is 4.62. The van der Waals surface area contributed by atoms with Crippen LogP contribution in [-0.2, 0) is 6.18 Å². The van der Waals surface area contributed by atoms with Gasteiger partial charge in [0.15, 0.2) is 0 Å². The molecule has 1 aromatic carbocycles. The summed E-state index contributed by atoms with van der Waals surface area (Å²) in [5.41, 5.74) is 5.83. The summed E-state index contributed by atoms with van der Waals surface area (Å²) in [5, 5.41) is 23.1. The van der Waals surface area contributed by atoms with Crippen molar-refractivity contribution in [3.05, 3.63) is 36.2 Å². The monoisotopic (exact) mass is 322 g/mol. The molecule has 0 fully saturated rings. The van der Waals surface area contributed by atoms with E-state index < -0.39 is 11.9 Å². The van der Waals surface area contributed by atoms with E-state index in [9.17, 15) is 18.3 Å². The van der Waals surface area contributed by atoms with Crippen molar-refractivity contribution in [1.29, 1.82) is 0 Å². The van der Waals surface area contributed by atoms with Crippen LogP contribution in [0.5, 0.6) is 5.75 Å². The third-order valence-electron chi connectivity index (χ3n) is 3.12. The first-order chi connectivity index (χ1) is 10.9. The highest BCUT2D eigenvalue weighted by Crippen LogP contribution is 2.37. The SMILES string of the molecule is Nc1cc(-c2nn[nH]n2)c(-c2ccc(C(F)(F)F)nc2)cc1O. The number of alkyl halides is 3. The minimum atomic E-state index is -4.53. The number of nitrogen functional groups attached to an aromatic ring is 1. The first kappa shape index (κ1) is 14.8. The molecule has 4 N–H and O–H groups in total. The Morgan fingerprint density at radius 3 is 2.48 bits per heavy atom. The Balaban J connectivity index is 2.14. The number of H-pyrrole nitrogens is 1. The first-order valence-electron chi connectivity index (χ1n) is 6.26. The maximum atomic E-state index is 12.6. The van der Waals surface area contributed by atoms with Crippen molar-refractivity contribution in [3.63, 3.8) is 0 Å². The van der Waals surface area contributed by atoms with Crippen LogP contribution in [0.4, 0.5) is 18.9 Å². The first-order valence-corrected chi connectivity index (χ1v) is 6.26. The molecule has 2 aromatic heterocycles. The van der Waals surface area contributed by atoms with Crippen molar-refractivity contribution in [1.82, 2.24) is 25.6 Å². The number of phenols is 1. The molecule has 3 rings (SSSR count). The summed E-state index contributed by atoms with van der Waals surface area (Å²) in [4.78, 5) is 3.40. The molecule has 7 nitrogen and oxygen atoms in total. The van der Waals surface area contributed by atoms with E-state index in [1.807, 2.05) is 0 Å². The van der Waals surface area contributed by atoms with E-state index in [4.69, 9.17) is 5.73 Å². The van der Waals surface area contributed by atoms with E-state index in [2.05, 4.69) is 25.6 Å². The highest BCUT2D eigenvalue weighted by molar-refractivity contribution is 5.84. The van der Waals surface area contributed by atoms with Gasteiger partial charge in [-0.2, -0.15) is 18.4 Å². The minimum absolute atomic E-state index is 0.0772. The van der Waals surface area contributed by atoms with Gasteiger partial charge in [0, 0.05) is 17.3 Å². The molecule has 0 amide bonds. The van der Waals surface area contributed by atoms with Crippen LogP contribution in [0.25, 0.3) is 22.5 Å². The zero-order chi connectivity index (χ0) is 16.6. The fourth-order valence-corrected chi connectivity index (χ4v) is 2.03. The average molecular weight is 322 g/mol. The number of aromatic hydroxyl groups is 1. The smallest absolute Gasteiger partial charge is 0.433 e. The Bertz CT molecular complexity index is 830. The molecule has 3 aromatic rings. The van der Waals surface area contributed by atoms with E-state index in [1.165, 1.54) is 18.2 Å². The number of aromatic amines is 1. The van der Waals surface area contributed by atoms with Crippen LogP contribution in [0.3, 0.4) is 0 Å². The number of pyridine rings is 1. The highest BCUT2D eigenvalue weighted by Gasteiger charge is 2.32. The molecule has 118 valence electrons. The zero-order valence-electron chi connectivity index (χ0n) is 11.3. The van der Waals surface area contributed by atoms with Gasteiger partial charge in [-0.3, -0.25) is 4.98 Å². The topological polar surface area (TPSA) is 114 Å². The van der Waals surface area contributed by atoms with Crippen LogP contribution in [0.2, 0.25) is 0 Å². The lowest BCUT2D eigenvalue weighted by atomic mass is 9.99. The van der Waals surface area contributed by atoms with E-state index in [-0.39, 0.29) is 17.3 Å². The van der Waals surface area contributed by atoms with Crippen LogP contribution in [0, 0.1) is 0 Å². The lowest BCUT2D eigenvalue weighted by molar-refractivity contribution is -0.141. The molecule has 0 saturated heterocycles. The Hall–Kier alpha value is -3.17. The predicted molar refractivity (Wildman–Crippen MR) is 73.9 cm³/mol. The number of tetrazole rings is 1. The Labute approximate surface area is 127 Å². The summed E-state index contributed by atoms with van der Waals surface area (Å²) in [6.07, 6.45) is -3.48. The van der Waals surface area contributed by atoms with Gasteiger partial charge in [-0.25, -0.2) is 0 Å². The van der Waals surface area contributed by atoms with Crippen molar-refractivity contribution in [3.8, 4) is 28.3 Å². The number of nitrogens with one attached hydrogen (secondary N) is 1. The molecule has 0 unspecified atom stereocenters. The molecule has 0 aliphatic heterocycles. The molecule has 0 aliphatic rings. The molecule has 0 spiro atoms. The van der Waals surface area contributed by atoms with E-state index >= 15 is 0 Å². The van der Waals surface area contributed by atoms with Crippen molar-refractivity contribution in [2.24, 2.45) is 0 Å². The molecule has 0 bridgehead atoms. The summed E-state index contributed by atoms with van der Waals surface area (Å²) < 4.78 is 37.8. The van der Waals surface area contributed by atoms with Crippen LogP contribution in [0.1, 0.15) is 5.69 Å². The van der Waals surface area contributed by atoms with Gasteiger partial charge in [0.2, 0.25) is 5.82 Å². The number of benzene rings is 1. The Kier molecular flexibility index (Phi) is 3.36. The number of halogens is 3. The van der Waals surface area contributed by atoms with Crippen molar-refractivity contribution >= 4 is 5.69 Å². The molecule has 23 heavy (non-hydrogen) atoms. The number of nitrogens with zero attached hydrogens (tertiary/aromatic N) is 4. The molecular weight excluding hydrogens is 313 g/mol. The summed E-state index contributed by atoms with van der Waals surface area (Å²) in [6, 6.07) is 4.81. The number of hydrogen-bond acceptors (Lipinski definition) is 6. The predicted octanol–water partition coefficient (Wildman–Crippen LogP) is 2.24. The number of nitrogens with two attached hydrogens (primary N) is 1. The van der Waals surface area contributed by atoms with Gasteiger partial charge in [-0.1, -0.05) is 6.07 Å². The summed E-state index contributed by atoms with van der Waals surface area (Å²) in [6.45, 7) is 0. The molecule has 0 aliphatic carbocycles. The molecular formula is C13H9F3N6O. The summed E-state index contributed by atoms with van der Waals surface area (Å²) >= 11 is 0. The quantitative estimate of drug-likeness (QED) is 0.492. The third kappa shape index (κ3) is 2.78. The summed E-state index contributed by atoms with van der Waals surface area (Å²) in [5.74, 6) is -0.0289. The van der Waals surface area contributed by atoms with Crippen molar-refractivity contribution in [2.45, 2.75) is 6.18 Å².